The van der Waals surface area contributed by atoms with Crippen LogP contribution in [-0.4, -0.2) is 22.4 Å². The van der Waals surface area contributed by atoms with E-state index in [9.17, 15) is 18.0 Å². The van der Waals surface area contributed by atoms with Crippen molar-refractivity contribution in [1.82, 2.24) is 9.78 Å². The van der Waals surface area contributed by atoms with E-state index in [0.29, 0.717) is 0 Å². The number of halogens is 3. The molecule has 0 aliphatic heterocycles. The van der Waals surface area contributed by atoms with Crippen LogP contribution in [0, 0.1) is 0 Å². The highest BCUT2D eigenvalue weighted by Crippen LogP contribution is 2.27. The zero-order chi connectivity index (χ0) is 11.5. The number of aromatic nitrogens is 2. The maximum Gasteiger partial charge on any atom is 0.435 e. The third kappa shape index (κ3) is 3.26. The molecule has 4 nitrogen and oxygen atoms in total. The van der Waals surface area contributed by atoms with Gasteiger partial charge in [0, 0.05) is 6.20 Å². The Morgan fingerprint density at radius 1 is 1.60 bits per heavy atom. The molecule has 0 radical (unpaired) electrons. The number of carbonyl (C=O) groups is 1. The van der Waals surface area contributed by atoms with E-state index < -0.39 is 17.8 Å². The van der Waals surface area contributed by atoms with E-state index in [1.165, 1.54) is 0 Å². The topological polar surface area (TPSA) is 44.1 Å². The van der Waals surface area contributed by atoms with Crippen LogP contribution in [-0.2, 0) is 22.3 Å². The molecule has 0 saturated carbocycles. The van der Waals surface area contributed by atoms with Crippen LogP contribution in [0.15, 0.2) is 12.3 Å². The van der Waals surface area contributed by atoms with Crippen LogP contribution in [0.1, 0.15) is 12.6 Å². The molecule has 0 aliphatic rings. The average Bonchev–Trinajstić information content (AvgIpc) is 2.52. The molecule has 0 bridgehead atoms. The van der Waals surface area contributed by atoms with Gasteiger partial charge < -0.3 is 4.74 Å². The minimum atomic E-state index is -4.49. The van der Waals surface area contributed by atoms with Crippen molar-refractivity contribution in [3.63, 3.8) is 0 Å². The largest absolute Gasteiger partial charge is 0.465 e. The minimum absolute atomic E-state index is 0.187. The highest BCUT2D eigenvalue weighted by atomic mass is 19.4. The molecular weight excluding hydrogens is 213 g/mol. The summed E-state index contributed by atoms with van der Waals surface area (Å²) in [6.45, 7) is 1.48. The summed E-state index contributed by atoms with van der Waals surface area (Å²) >= 11 is 0. The SMILES string of the molecule is CCOC(=O)Cn1ccc(C(F)(F)F)n1. The number of alkyl halides is 3. The molecule has 0 fully saturated rings. The Bertz CT molecular complexity index is 346. The van der Waals surface area contributed by atoms with Crippen LogP contribution in [0.2, 0.25) is 0 Å². The second-order valence-electron chi connectivity index (χ2n) is 2.70. The van der Waals surface area contributed by atoms with Gasteiger partial charge in [-0.15, -0.1) is 0 Å². The van der Waals surface area contributed by atoms with E-state index in [-0.39, 0.29) is 13.2 Å². The Morgan fingerprint density at radius 3 is 2.73 bits per heavy atom. The molecule has 0 amide bonds. The number of esters is 1. The predicted molar refractivity (Wildman–Crippen MR) is 43.9 cm³/mol. The lowest BCUT2D eigenvalue weighted by atomic mass is 10.4. The molecule has 1 rings (SSSR count). The Hall–Kier alpha value is -1.53. The van der Waals surface area contributed by atoms with Crippen molar-refractivity contribution in [3.05, 3.63) is 18.0 Å². The number of carbonyl (C=O) groups excluding carboxylic acids is 1. The van der Waals surface area contributed by atoms with E-state index in [2.05, 4.69) is 9.84 Å². The zero-order valence-corrected chi connectivity index (χ0v) is 7.91. The van der Waals surface area contributed by atoms with Crippen molar-refractivity contribution >= 4 is 5.97 Å². The third-order valence-electron chi connectivity index (χ3n) is 1.53. The normalized spacial score (nSPS) is 11.5. The van der Waals surface area contributed by atoms with Gasteiger partial charge >= 0.3 is 12.1 Å². The average molecular weight is 222 g/mol. The van der Waals surface area contributed by atoms with Crippen molar-refractivity contribution in [2.45, 2.75) is 19.6 Å². The van der Waals surface area contributed by atoms with Gasteiger partial charge in [0.25, 0.3) is 0 Å². The molecule has 0 atom stereocenters. The molecule has 7 heteroatoms. The van der Waals surface area contributed by atoms with Crippen LogP contribution in [0.4, 0.5) is 13.2 Å². The number of nitrogens with zero attached hydrogens (tertiary/aromatic N) is 2. The number of ether oxygens (including phenoxy) is 1. The Labute approximate surface area is 83.6 Å². The fourth-order valence-electron chi connectivity index (χ4n) is 0.940. The van der Waals surface area contributed by atoms with Crippen molar-refractivity contribution in [2.75, 3.05) is 6.61 Å². The fourth-order valence-corrected chi connectivity index (χ4v) is 0.940. The highest BCUT2D eigenvalue weighted by Gasteiger charge is 2.33. The van der Waals surface area contributed by atoms with Gasteiger partial charge in [-0.1, -0.05) is 0 Å². The highest BCUT2D eigenvalue weighted by molar-refractivity contribution is 5.68. The summed E-state index contributed by atoms with van der Waals surface area (Å²) in [7, 11) is 0. The van der Waals surface area contributed by atoms with Crippen LogP contribution in [0.3, 0.4) is 0 Å². The van der Waals surface area contributed by atoms with Crippen molar-refractivity contribution in [2.24, 2.45) is 0 Å². The molecule has 1 aromatic heterocycles. The Balaban J connectivity index is 2.65. The summed E-state index contributed by atoms with van der Waals surface area (Å²) in [6.07, 6.45) is -3.40. The number of hydrogen-bond donors (Lipinski definition) is 0. The fraction of sp³-hybridized carbons (Fsp3) is 0.500. The standard InChI is InChI=1S/C8H9F3N2O2/c1-2-15-7(14)5-13-4-3-6(12-13)8(9,10)11/h3-4H,2,5H2,1H3. The maximum absolute atomic E-state index is 12.1. The van der Waals surface area contributed by atoms with Gasteiger partial charge in [0.15, 0.2) is 5.69 Å². The molecule has 0 N–H and O–H groups in total. The van der Waals surface area contributed by atoms with Crippen LogP contribution in [0.25, 0.3) is 0 Å². The summed E-state index contributed by atoms with van der Waals surface area (Å²) in [5.74, 6) is -0.616. The van der Waals surface area contributed by atoms with Gasteiger partial charge in [0.2, 0.25) is 0 Å². The number of rotatable bonds is 3. The van der Waals surface area contributed by atoms with Crippen molar-refractivity contribution < 1.29 is 22.7 Å². The first-order valence-electron chi connectivity index (χ1n) is 4.19. The van der Waals surface area contributed by atoms with Gasteiger partial charge in [0.05, 0.1) is 6.61 Å². The summed E-state index contributed by atoms with van der Waals surface area (Å²) < 4.78 is 41.7. The molecule has 0 spiro atoms. The second-order valence-corrected chi connectivity index (χ2v) is 2.70. The third-order valence-corrected chi connectivity index (χ3v) is 1.53. The first kappa shape index (κ1) is 11.5. The van der Waals surface area contributed by atoms with Gasteiger partial charge in [-0.2, -0.15) is 18.3 Å². The summed E-state index contributed by atoms with van der Waals surface area (Å²) in [4.78, 5) is 10.9. The lowest BCUT2D eigenvalue weighted by molar-refractivity contribution is -0.146. The van der Waals surface area contributed by atoms with Gasteiger partial charge in [-0.05, 0) is 13.0 Å². The van der Waals surface area contributed by atoms with E-state index in [1.807, 2.05) is 0 Å². The first-order chi connectivity index (χ1) is 6.93. The van der Waals surface area contributed by atoms with Crippen molar-refractivity contribution in [3.8, 4) is 0 Å². The summed E-state index contributed by atoms with van der Waals surface area (Å²) in [5.41, 5.74) is -1.02. The van der Waals surface area contributed by atoms with E-state index in [4.69, 9.17) is 0 Å². The molecule has 0 aliphatic carbocycles. The monoisotopic (exact) mass is 222 g/mol. The molecule has 15 heavy (non-hydrogen) atoms. The first-order valence-corrected chi connectivity index (χ1v) is 4.19. The summed E-state index contributed by atoms with van der Waals surface area (Å²) in [6, 6.07) is 0.805. The molecule has 0 saturated heterocycles. The molecule has 84 valence electrons. The number of hydrogen-bond acceptors (Lipinski definition) is 3. The Morgan fingerprint density at radius 2 is 2.27 bits per heavy atom. The van der Waals surface area contributed by atoms with E-state index >= 15 is 0 Å². The van der Waals surface area contributed by atoms with Crippen LogP contribution >= 0.6 is 0 Å². The van der Waals surface area contributed by atoms with Crippen LogP contribution < -0.4 is 0 Å². The lowest BCUT2D eigenvalue weighted by Gasteiger charge is -2.02. The quantitative estimate of drug-likeness (QED) is 0.727. The van der Waals surface area contributed by atoms with Gasteiger partial charge in [0.1, 0.15) is 6.54 Å². The maximum atomic E-state index is 12.1. The Kier molecular flexibility index (Phi) is 3.33. The molecule has 1 heterocycles. The second kappa shape index (κ2) is 4.33. The lowest BCUT2D eigenvalue weighted by Crippen LogP contribution is -2.15. The molecule has 0 aromatic carbocycles. The molecule has 1 aromatic rings. The van der Waals surface area contributed by atoms with Crippen LogP contribution in [0.5, 0.6) is 0 Å². The predicted octanol–water partition coefficient (Wildman–Crippen LogP) is 1.47. The molecule has 0 unspecified atom stereocenters. The van der Waals surface area contributed by atoms with Gasteiger partial charge in [-0.3, -0.25) is 9.48 Å². The zero-order valence-electron chi connectivity index (χ0n) is 7.91. The van der Waals surface area contributed by atoms with Gasteiger partial charge in [-0.25, -0.2) is 0 Å². The van der Waals surface area contributed by atoms with E-state index in [0.717, 1.165) is 16.9 Å². The summed E-state index contributed by atoms with van der Waals surface area (Å²) in [5, 5.41) is 3.19. The van der Waals surface area contributed by atoms with E-state index in [1.54, 1.807) is 6.92 Å². The van der Waals surface area contributed by atoms with Crippen molar-refractivity contribution in [1.29, 1.82) is 0 Å². The smallest absolute Gasteiger partial charge is 0.435 e. The minimum Gasteiger partial charge on any atom is -0.465 e. The molecular formula is C8H9F3N2O2.